The van der Waals surface area contributed by atoms with E-state index in [0.29, 0.717) is 6.04 Å². The van der Waals surface area contributed by atoms with Gasteiger partial charge in [-0.1, -0.05) is 0 Å². The first-order valence-electron chi connectivity index (χ1n) is 6.92. The second-order valence-electron chi connectivity index (χ2n) is 6.27. The fraction of sp³-hybridized carbons (Fsp3) is 0.714. The van der Waals surface area contributed by atoms with E-state index in [1.165, 1.54) is 19.3 Å². The smallest absolute Gasteiger partial charge is 0.134 e. The van der Waals surface area contributed by atoms with Gasteiger partial charge in [-0.15, -0.1) is 0 Å². The molecule has 1 aromatic rings. The van der Waals surface area contributed by atoms with Crippen LogP contribution in [0.3, 0.4) is 0 Å². The normalized spacial score (nSPS) is 16.1. The number of rotatable bonds is 5. The van der Waals surface area contributed by atoms with Gasteiger partial charge in [-0.25, -0.2) is 9.97 Å². The lowest BCUT2D eigenvalue weighted by Crippen LogP contribution is -2.44. The van der Waals surface area contributed by atoms with E-state index < -0.39 is 0 Å². The van der Waals surface area contributed by atoms with Crippen LogP contribution in [-0.4, -0.2) is 42.2 Å². The molecule has 0 unspecified atom stereocenters. The molecule has 5 nitrogen and oxygen atoms in total. The van der Waals surface area contributed by atoms with Gasteiger partial charge in [0.2, 0.25) is 0 Å². The van der Waals surface area contributed by atoms with Gasteiger partial charge in [-0.2, -0.15) is 0 Å². The monoisotopic (exact) mass is 263 g/mol. The van der Waals surface area contributed by atoms with Gasteiger partial charge >= 0.3 is 0 Å². The molecule has 5 heteroatoms. The Morgan fingerprint density at radius 2 is 1.89 bits per heavy atom. The molecule has 2 rings (SSSR count). The Kier molecular flexibility index (Phi) is 3.94. The molecule has 0 saturated heterocycles. The number of likely N-dealkylation sites (N-methyl/N-ethyl adjacent to an activating group) is 1. The second kappa shape index (κ2) is 5.33. The van der Waals surface area contributed by atoms with Crippen LogP contribution in [0.1, 0.15) is 33.1 Å². The van der Waals surface area contributed by atoms with Crippen molar-refractivity contribution in [1.82, 2.24) is 9.97 Å². The lowest BCUT2D eigenvalue weighted by atomic mass is 9.92. The number of nitrogens with two attached hydrogens (primary N) is 1. The van der Waals surface area contributed by atoms with Crippen molar-refractivity contribution in [2.75, 3.05) is 30.4 Å². The number of nitrogens with zero attached hydrogens (tertiary/aromatic N) is 4. The molecule has 2 N–H and O–H groups in total. The van der Waals surface area contributed by atoms with Crippen molar-refractivity contribution in [1.29, 1.82) is 0 Å². The third-order valence-electron chi connectivity index (χ3n) is 3.66. The molecule has 1 aliphatic rings. The predicted molar refractivity (Wildman–Crippen MR) is 79.6 cm³/mol. The van der Waals surface area contributed by atoms with Gasteiger partial charge in [0.05, 0.1) is 0 Å². The van der Waals surface area contributed by atoms with Crippen molar-refractivity contribution in [3.05, 3.63) is 12.4 Å². The first-order chi connectivity index (χ1) is 8.87. The van der Waals surface area contributed by atoms with Gasteiger partial charge in [-0.05, 0) is 33.1 Å². The standard InChI is InChI=1S/C14H25N5/c1-14(2,15)9-18(3)12-8-13(17-10-16-12)19(4)11-6-5-7-11/h8,10-11H,5-7,9,15H2,1-4H3. The van der Waals surface area contributed by atoms with Crippen LogP contribution in [-0.2, 0) is 0 Å². The van der Waals surface area contributed by atoms with E-state index in [4.69, 9.17) is 5.73 Å². The minimum atomic E-state index is -0.236. The van der Waals surface area contributed by atoms with E-state index in [9.17, 15) is 0 Å². The maximum atomic E-state index is 6.05. The molecule has 0 amide bonds. The zero-order valence-corrected chi connectivity index (χ0v) is 12.4. The van der Waals surface area contributed by atoms with Gasteiger partial charge < -0.3 is 15.5 Å². The number of anilines is 2. The molecule has 0 aliphatic heterocycles. The van der Waals surface area contributed by atoms with Gasteiger partial charge in [-0.3, -0.25) is 0 Å². The number of hydrogen-bond acceptors (Lipinski definition) is 5. The van der Waals surface area contributed by atoms with Crippen LogP contribution in [0.25, 0.3) is 0 Å². The fourth-order valence-electron chi connectivity index (χ4n) is 2.39. The minimum Gasteiger partial charge on any atom is -0.358 e. The Morgan fingerprint density at radius 3 is 2.42 bits per heavy atom. The molecule has 0 atom stereocenters. The fourth-order valence-corrected chi connectivity index (χ4v) is 2.39. The van der Waals surface area contributed by atoms with E-state index in [2.05, 4.69) is 26.8 Å². The second-order valence-corrected chi connectivity index (χ2v) is 6.27. The van der Waals surface area contributed by atoms with Gasteiger partial charge in [0, 0.05) is 38.3 Å². The summed E-state index contributed by atoms with van der Waals surface area (Å²) in [5.41, 5.74) is 5.82. The van der Waals surface area contributed by atoms with Crippen LogP contribution in [0.15, 0.2) is 12.4 Å². The molecule has 1 saturated carbocycles. The molecule has 0 aromatic carbocycles. The third-order valence-corrected chi connectivity index (χ3v) is 3.66. The summed E-state index contributed by atoms with van der Waals surface area (Å²) in [6.07, 6.45) is 5.50. The molecule has 106 valence electrons. The van der Waals surface area contributed by atoms with Crippen LogP contribution in [0, 0.1) is 0 Å². The van der Waals surface area contributed by atoms with Crippen molar-refractivity contribution in [3.8, 4) is 0 Å². The molecular weight excluding hydrogens is 238 g/mol. The summed E-state index contributed by atoms with van der Waals surface area (Å²) in [6.45, 7) is 4.80. The van der Waals surface area contributed by atoms with E-state index in [0.717, 1.165) is 18.2 Å². The zero-order chi connectivity index (χ0) is 14.0. The van der Waals surface area contributed by atoms with Gasteiger partial charge in [0.1, 0.15) is 18.0 Å². The summed E-state index contributed by atoms with van der Waals surface area (Å²) in [7, 11) is 4.13. The average Bonchev–Trinajstić information content (AvgIpc) is 2.24. The lowest BCUT2D eigenvalue weighted by molar-refractivity contribution is 0.399. The quantitative estimate of drug-likeness (QED) is 0.875. The van der Waals surface area contributed by atoms with E-state index in [1.54, 1.807) is 6.33 Å². The van der Waals surface area contributed by atoms with E-state index in [-0.39, 0.29) is 5.54 Å². The summed E-state index contributed by atoms with van der Waals surface area (Å²) >= 11 is 0. The first kappa shape index (κ1) is 14.1. The highest BCUT2D eigenvalue weighted by molar-refractivity contribution is 5.50. The Bertz CT molecular complexity index is 422. The summed E-state index contributed by atoms with van der Waals surface area (Å²) < 4.78 is 0. The lowest BCUT2D eigenvalue weighted by Gasteiger charge is -2.36. The zero-order valence-electron chi connectivity index (χ0n) is 12.4. The molecule has 0 bridgehead atoms. The van der Waals surface area contributed by atoms with Crippen LogP contribution < -0.4 is 15.5 Å². The van der Waals surface area contributed by atoms with E-state index in [1.807, 2.05) is 27.0 Å². The summed E-state index contributed by atoms with van der Waals surface area (Å²) in [5, 5.41) is 0. The SMILES string of the molecule is CN(CC(C)(C)N)c1cc(N(C)C2CCC2)ncn1. The topological polar surface area (TPSA) is 58.3 Å². The van der Waals surface area contributed by atoms with Gasteiger partial charge in [0.25, 0.3) is 0 Å². The maximum Gasteiger partial charge on any atom is 0.134 e. The summed E-state index contributed by atoms with van der Waals surface area (Å²) in [6, 6.07) is 2.68. The first-order valence-corrected chi connectivity index (χ1v) is 6.92. The van der Waals surface area contributed by atoms with Gasteiger partial charge in [0.15, 0.2) is 0 Å². The molecule has 1 aliphatic carbocycles. The van der Waals surface area contributed by atoms with Crippen LogP contribution >= 0.6 is 0 Å². The molecule has 19 heavy (non-hydrogen) atoms. The van der Waals surface area contributed by atoms with Crippen molar-refractivity contribution in [2.45, 2.75) is 44.7 Å². The highest BCUT2D eigenvalue weighted by Gasteiger charge is 2.23. The highest BCUT2D eigenvalue weighted by atomic mass is 15.2. The van der Waals surface area contributed by atoms with E-state index >= 15 is 0 Å². The highest BCUT2D eigenvalue weighted by Crippen LogP contribution is 2.28. The van der Waals surface area contributed by atoms with Crippen LogP contribution in [0.4, 0.5) is 11.6 Å². The molecule has 1 aromatic heterocycles. The van der Waals surface area contributed by atoms with Crippen molar-refractivity contribution in [2.24, 2.45) is 5.73 Å². The third kappa shape index (κ3) is 3.56. The van der Waals surface area contributed by atoms with Crippen LogP contribution in [0.5, 0.6) is 0 Å². The maximum absolute atomic E-state index is 6.05. The predicted octanol–water partition coefficient (Wildman–Crippen LogP) is 1.64. The van der Waals surface area contributed by atoms with Crippen molar-refractivity contribution >= 4 is 11.6 Å². The minimum absolute atomic E-state index is 0.236. The summed E-state index contributed by atoms with van der Waals surface area (Å²) in [5.74, 6) is 1.92. The molecule has 0 spiro atoms. The Balaban J connectivity index is 2.09. The summed E-state index contributed by atoms with van der Waals surface area (Å²) in [4.78, 5) is 13.1. The molecule has 1 heterocycles. The van der Waals surface area contributed by atoms with Crippen molar-refractivity contribution in [3.63, 3.8) is 0 Å². The molecular formula is C14H25N5. The average molecular weight is 263 g/mol. The molecule has 1 fully saturated rings. The number of hydrogen-bond donors (Lipinski definition) is 1. The number of aromatic nitrogens is 2. The molecule has 0 radical (unpaired) electrons. The largest absolute Gasteiger partial charge is 0.358 e. The van der Waals surface area contributed by atoms with Crippen molar-refractivity contribution < 1.29 is 0 Å². The Hall–Kier alpha value is -1.36. The Labute approximate surface area is 115 Å². The Morgan fingerprint density at radius 1 is 1.26 bits per heavy atom. The van der Waals surface area contributed by atoms with Crippen LogP contribution in [0.2, 0.25) is 0 Å².